The molecule has 32 heavy (non-hydrogen) atoms. The Morgan fingerprint density at radius 3 is 2.19 bits per heavy atom. The second-order valence-electron chi connectivity index (χ2n) is 10.5. The van der Waals surface area contributed by atoms with E-state index in [1.54, 1.807) is 0 Å². The average molecular weight is 423 g/mol. The quantitative estimate of drug-likeness (QED) is 0.356. The van der Waals surface area contributed by atoms with Gasteiger partial charge >= 0.3 is 0 Å². The Morgan fingerprint density at radius 2 is 1.53 bits per heavy atom. The van der Waals surface area contributed by atoms with Crippen molar-refractivity contribution >= 4 is 5.57 Å². The Balaban J connectivity index is 1.79. The van der Waals surface area contributed by atoms with Crippen LogP contribution in [0.5, 0.6) is 0 Å². The summed E-state index contributed by atoms with van der Waals surface area (Å²) in [6.45, 7) is 13.9. The monoisotopic (exact) mass is 422 g/mol. The fourth-order valence-electron chi connectivity index (χ4n) is 5.40. The van der Waals surface area contributed by atoms with E-state index in [1.807, 2.05) is 0 Å². The highest BCUT2D eigenvalue weighted by molar-refractivity contribution is 5.83. The van der Waals surface area contributed by atoms with Crippen LogP contribution in [0.4, 0.5) is 0 Å². The molecular formula is C32H38. The summed E-state index contributed by atoms with van der Waals surface area (Å²) >= 11 is 0. The van der Waals surface area contributed by atoms with E-state index in [1.165, 1.54) is 50.9 Å². The Labute approximate surface area is 195 Å². The van der Waals surface area contributed by atoms with Crippen LogP contribution in [0.2, 0.25) is 0 Å². The Bertz CT molecular complexity index is 1110. The van der Waals surface area contributed by atoms with Crippen molar-refractivity contribution in [3.05, 3.63) is 101 Å². The van der Waals surface area contributed by atoms with Crippen molar-refractivity contribution in [1.29, 1.82) is 0 Å². The number of benzene rings is 3. The molecule has 3 aromatic rings. The van der Waals surface area contributed by atoms with Crippen molar-refractivity contribution in [1.82, 2.24) is 0 Å². The maximum atomic E-state index is 2.57. The fourth-order valence-corrected chi connectivity index (χ4v) is 5.40. The summed E-state index contributed by atoms with van der Waals surface area (Å²) in [6.07, 6.45) is 6.03. The molecule has 0 aliphatic heterocycles. The van der Waals surface area contributed by atoms with Crippen molar-refractivity contribution < 1.29 is 0 Å². The largest absolute Gasteiger partial charge is 0.0732 e. The Kier molecular flexibility index (Phi) is 6.42. The van der Waals surface area contributed by atoms with Crippen molar-refractivity contribution in [2.24, 2.45) is 5.92 Å². The van der Waals surface area contributed by atoms with Crippen molar-refractivity contribution in [2.45, 2.75) is 72.1 Å². The molecular weight excluding hydrogens is 384 g/mol. The van der Waals surface area contributed by atoms with E-state index >= 15 is 0 Å². The van der Waals surface area contributed by atoms with Gasteiger partial charge < -0.3 is 0 Å². The van der Waals surface area contributed by atoms with Gasteiger partial charge in [0.15, 0.2) is 0 Å². The minimum absolute atomic E-state index is 0.0424. The minimum atomic E-state index is 0.0424. The third kappa shape index (κ3) is 4.33. The SMILES string of the molecule is CCC/C(=C\C(CC(C)C)c1ccccc1)c1ccc2c(c1)C(C)(C)c1cc(C)ccc1-2. The molecule has 0 saturated heterocycles. The summed E-state index contributed by atoms with van der Waals surface area (Å²) in [4.78, 5) is 0. The number of fused-ring (bicyclic) bond motifs is 3. The lowest BCUT2D eigenvalue weighted by molar-refractivity contribution is 0.550. The van der Waals surface area contributed by atoms with Gasteiger partial charge in [-0.1, -0.05) is 113 Å². The van der Waals surface area contributed by atoms with E-state index in [2.05, 4.69) is 114 Å². The molecule has 0 heteroatoms. The van der Waals surface area contributed by atoms with Gasteiger partial charge in [-0.15, -0.1) is 0 Å². The standard InChI is InChI=1S/C32H38/c1-7-11-25(20-27(18-22(2)3)24-12-9-8-10-13-24)26-15-17-29-28-16-14-23(4)19-30(28)32(5,6)31(29)21-26/h8-10,12-17,19-22,27H,7,11,18H2,1-6H3/b25-20+. The third-order valence-electron chi connectivity index (χ3n) is 7.08. The average Bonchev–Trinajstić information content (AvgIpc) is 2.99. The van der Waals surface area contributed by atoms with Crippen molar-refractivity contribution in [2.75, 3.05) is 0 Å². The van der Waals surface area contributed by atoms with E-state index in [9.17, 15) is 0 Å². The van der Waals surface area contributed by atoms with Crippen LogP contribution >= 0.6 is 0 Å². The molecule has 166 valence electrons. The molecule has 0 nitrogen and oxygen atoms in total. The molecule has 4 rings (SSSR count). The van der Waals surface area contributed by atoms with Gasteiger partial charge in [-0.25, -0.2) is 0 Å². The van der Waals surface area contributed by atoms with Crippen LogP contribution in [-0.2, 0) is 5.41 Å². The molecule has 0 N–H and O–H groups in total. The van der Waals surface area contributed by atoms with Gasteiger partial charge in [0.25, 0.3) is 0 Å². The molecule has 1 aliphatic rings. The van der Waals surface area contributed by atoms with Crippen LogP contribution in [0.15, 0.2) is 72.8 Å². The molecule has 0 radical (unpaired) electrons. The second-order valence-corrected chi connectivity index (χ2v) is 10.5. The fraction of sp³-hybridized carbons (Fsp3) is 0.375. The third-order valence-corrected chi connectivity index (χ3v) is 7.08. The van der Waals surface area contributed by atoms with E-state index in [4.69, 9.17) is 0 Å². The molecule has 0 spiro atoms. The summed E-state index contributed by atoms with van der Waals surface area (Å²) in [5, 5.41) is 0. The summed E-state index contributed by atoms with van der Waals surface area (Å²) in [5.41, 5.74) is 11.5. The first-order valence-corrected chi connectivity index (χ1v) is 12.3. The van der Waals surface area contributed by atoms with Crippen LogP contribution < -0.4 is 0 Å². The van der Waals surface area contributed by atoms with Gasteiger partial charge in [0.1, 0.15) is 0 Å². The predicted molar refractivity (Wildman–Crippen MR) is 140 cm³/mol. The Hall–Kier alpha value is -2.60. The lowest BCUT2D eigenvalue weighted by Crippen LogP contribution is -2.15. The molecule has 1 unspecified atom stereocenters. The highest BCUT2D eigenvalue weighted by atomic mass is 14.4. The van der Waals surface area contributed by atoms with Gasteiger partial charge in [-0.05, 0) is 70.7 Å². The van der Waals surface area contributed by atoms with Crippen LogP contribution in [0.3, 0.4) is 0 Å². The van der Waals surface area contributed by atoms with Crippen LogP contribution in [0.1, 0.15) is 87.6 Å². The van der Waals surface area contributed by atoms with Crippen LogP contribution in [0.25, 0.3) is 16.7 Å². The lowest BCUT2D eigenvalue weighted by atomic mass is 9.80. The molecule has 1 aliphatic carbocycles. The van der Waals surface area contributed by atoms with E-state index < -0.39 is 0 Å². The maximum Gasteiger partial charge on any atom is 0.0159 e. The number of hydrogen-bond donors (Lipinski definition) is 0. The highest BCUT2D eigenvalue weighted by Crippen LogP contribution is 2.49. The number of rotatable bonds is 7. The summed E-state index contributed by atoms with van der Waals surface area (Å²) < 4.78 is 0. The molecule has 3 aromatic carbocycles. The van der Waals surface area contributed by atoms with E-state index in [0.29, 0.717) is 11.8 Å². The van der Waals surface area contributed by atoms with E-state index in [-0.39, 0.29) is 5.41 Å². The molecule has 1 atom stereocenters. The zero-order chi connectivity index (χ0) is 22.9. The second kappa shape index (κ2) is 9.10. The molecule has 0 heterocycles. The molecule has 0 amide bonds. The zero-order valence-corrected chi connectivity index (χ0v) is 20.7. The first-order chi connectivity index (χ1) is 15.3. The predicted octanol–water partition coefficient (Wildman–Crippen LogP) is 9.31. The molecule has 0 aromatic heterocycles. The van der Waals surface area contributed by atoms with Gasteiger partial charge in [-0.2, -0.15) is 0 Å². The topological polar surface area (TPSA) is 0 Å². The first-order valence-electron chi connectivity index (χ1n) is 12.3. The lowest BCUT2D eigenvalue weighted by Gasteiger charge is -2.23. The summed E-state index contributed by atoms with van der Waals surface area (Å²) in [5.74, 6) is 1.12. The van der Waals surface area contributed by atoms with Gasteiger partial charge in [0, 0.05) is 11.3 Å². The molecule has 0 bridgehead atoms. The van der Waals surface area contributed by atoms with Crippen LogP contribution in [-0.4, -0.2) is 0 Å². The summed E-state index contributed by atoms with van der Waals surface area (Å²) in [7, 11) is 0. The highest BCUT2D eigenvalue weighted by Gasteiger charge is 2.35. The molecule has 0 fully saturated rings. The van der Waals surface area contributed by atoms with Gasteiger partial charge in [-0.3, -0.25) is 0 Å². The van der Waals surface area contributed by atoms with Crippen LogP contribution in [0, 0.1) is 12.8 Å². The zero-order valence-electron chi connectivity index (χ0n) is 20.7. The maximum absolute atomic E-state index is 2.57. The first kappa shape index (κ1) is 22.6. The number of hydrogen-bond acceptors (Lipinski definition) is 0. The smallest absolute Gasteiger partial charge is 0.0159 e. The number of aryl methyl sites for hydroxylation is 1. The molecule has 0 saturated carbocycles. The van der Waals surface area contributed by atoms with Crippen molar-refractivity contribution in [3.63, 3.8) is 0 Å². The normalized spacial score (nSPS) is 15.5. The van der Waals surface area contributed by atoms with Gasteiger partial charge in [0.2, 0.25) is 0 Å². The number of allylic oxidation sites excluding steroid dienone is 2. The van der Waals surface area contributed by atoms with Gasteiger partial charge in [0.05, 0.1) is 0 Å². The summed E-state index contributed by atoms with van der Waals surface area (Å²) in [6, 6.07) is 25.2. The van der Waals surface area contributed by atoms with Crippen molar-refractivity contribution in [3.8, 4) is 11.1 Å². The minimum Gasteiger partial charge on any atom is -0.0732 e. The Morgan fingerprint density at radius 1 is 0.875 bits per heavy atom. The van der Waals surface area contributed by atoms with E-state index in [0.717, 1.165) is 12.8 Å².